The van der Waals surface area contributed by atoms with Gasteiger partial charge >= 0.3 is 29.3 Å². The molecule has 0 radical (unpaired) electrons. The van der Waals surface area contributed by atoms with Gasteiger partial charge in [0.15, 0.2) is 0 Å². The van der Waals surface area contributed by atoms with Crippen molar-refractivity contribution >= 4 is 37.3 Å². The van der Waals surface area contributed by atoms with Crippen LogP contribution in [0.3, 0.4) is 0 Å². The van der Waals surface area contributed by atoms with Crippen LogP contribution in [0.1, 0.15) is 12.8 Å². The van der Waals surface area contributed by atoms with E-state index in [4.69, 9.17) is 25.3 Å². The minimum absolute atomic E-state index is 0.297. The number of nitrogens with zero attached hydrogens (tertiary/aromatic N) is 1. The summed E-state index contributed by atoms with van der Waals surface area (Å²) < 4.78 is 0. The van der Waals surface area contributed by atoms with Gasteiger partial charge in [-0.2, -0.15) is 4.89 Å². The van der Waals surface area contributed by atoms with Crippen LogP contribution in [0.15, 0.2) is 0 Å². The van der Waals surface area contributed by atoms with E-state index in [-0.39, 0.29) is 0 Å². The minimum atomic E-state index is -3.51. The van der Waals surface area contributed by atoms with Crippen LogP contribution in [0.25, 0.3) is 0 Å². The predicted molar refractivity (Wildman–Crippen MR) is 64.4 cm³/mol. The molecular formula is C9H12NO10P. The number of hydrogen-bond donors (Lipinski definition) is 5. The summed E-state index contributed by atoms with van der Waals surface area (Å²) in [6.07, 6.45) is -1.83. The zero-order valence-electron chi connectivity index (χ0n) is 10.4. The molecule has 0 rings (SSSR count). The first-order chi connectivity index (χ1) is 9.56. The van der Waals surface area contributed by atoms with Gasteiger partial charge in [0.05, 0.1) is 12.8 Å². The van der Waals surface area contributed by atoms with Crippen LogP contribution in [0.4, 0.5) is 0 Å². The van der Waals surface area contributed by atoms with Crippen molar-refractivity contribution in [1.29, 1.82) is 0 Å². The molecule has 21 heavy (non-hydrogen) atoms. The normalized spacial score (nSPS) is 12.2. The van der Waals surface area contributed by atoms with E-state index < -0.39 is 62.7 Å². The van der Waals surface area contributed by atoms with Crippen LogP contribution >= 0.6 is 8.00 Å². The van der Waals surface area contributed by atoms with Crippen LogP contribution in [-0.4, -0.2) is 72.1 Å². The van der Waals surface area contributed by atoms with Gasteiger partial charge in [0.2, 0.25) is 8.00 Å². The quantitative estimate of drug-likeness (QED) is 0.283. The first kappa shape index (κ1) is 18.9. The van der Waals surface area contributed by atoms with Gasteiger partial charge in [0, 0.05) is 6.04 Å². The zero-order valence-corrected chi connectivity index (χ0v) is 11.3. The molecule has 0 aliphatic heterocycles. The molecule has 0 aromatic heterocycles. The molecule has 0 fully saturated rings. The lowest BCUT2D eigenvalue weighted by molar-refractivity contribution is -0.168. The van der Waals surface area contributed by atoms with Crippen LogP contribution in [0.2, 0.25) is 0 Å². The Morgan fingerprint density at radius 2 is 1.38 bits per heavy atom. The number of carboxylic acids is 4. The molecule has 12 heteroatoms. The number of hydrogen-bond acceptors (Lipinski definition) is 6. The molecule has 1 unspecified atom stereocenters. The summed E-state index contributed by atoms with van der Waals surface area (Å²) >= 11 is 0. The second-order valence-corrected chi connectivity index (χ2v) is 4.74. The van der Waals surface area contributed by atoms with Gasteiger partial charge in [0.1, 0.15) is 6.54 Å². The lowest BCUT2D eigenvalue weighted by Gasteiger charge is -2.25. The molecule has 118 valence electrons. The molecule has 5 N–H and O–H groups in total. The summed E-state index contributed by atoms with van der Waals surface area (Å²) in [6, 6.07) is -1.60. The average Bonchev–Trinajstić information content (AvgIpc) is 2.23. The molecule has 0 aliphatic rings. The van der Waals surface area contributed by atoms with Crippen molar-refractivity contribution in [2.45, 2.75) is 18.9 Å². The van der Waals surface area contributed by atoms with E-state index in [9.17, 15) is 24.1 Å². The van der Waals surface area contributed by atoms with E-state index in [1.807, 2.05) is 0 Å². The highest BCUT2D eigenvalue weighted by Crippen LogP contribution is 2.18. The van der Waals surface area contributed by atoms with E-state index in [2.05, 4.69) is 0 Å². The van der Waals surface area contributed by atoms with E-state index in [0.29, 0.717) is 4.90 Å². The molecule has 0 saturated carbocycles. The SMILES string of the molecule is O=C(O)CC(CC(=O)O)N(CC(=O)O)/C(C(=O)O)=[P+](\[O-])O. The third-order valence-electron chi connectivity index (χ3n) is 2.21. The van der Waals surface area contributed by atoms with Gasteiger partial charge in [0.25, 0.3) is 0 Å². The fourth-order valence-corrected chi connectivity index (χ4v) is 2.15. The largest absolute Gasteiger partial charge is 0.602 e. The Balaban J connectivity index is 5.75. The first-order valence-corrected chi connectivity index (χ1v) is 6.45. The highest BCUT2D eigenvalue weighted by molar-refractivity contribution is 7.48. The Kier molecular flexibility index (Phi) is 7.45. The lowest BCUT2D eigenvalue weighted by atomic mass is 10.1. The number of carbonyl (C=O) groups is 4. The second kappa shape index (κ2) is 8.27. The third-order valence-corrected chi connectivity index (χ3v) is 3.02. The fourth-order valence-electron chi connectivity index (χ4n) is 1.53. The summed E-state index contributed by atoms with van der Waals surface area (Å²) in [6.45, 7) is -1.13. The van der Waals surface area contributed by atoms with Gasteiger partial charge in [-0.25, -0.2) is 9.69 Å². The van der Waals surface area contributed by atoms with E-state index in [1.54, 1.807) is 0 Å². The molecule has 1 atom stereocenters. The summed E-state index contributed by atoms with van der Waals surface area (Å²) in [7, 11) is -3.51. The standard InChI is InChI=1S/C9H12NO10P/c11-5(12)1-4(2-6(13)14)10(3-7(15)16)8(9(17)18)21(19)20/h4H,1-3H2,(H,11,12)(H,13,14)(H,15,16)(H,17,18)(H,19,20). The zero-order chi connectivity index (χ0) is 16.7. The highest BCUT2D eigenvalue weighted by Gasteiger charge is 2.37. The van der Waals surface area contributed by atoms with Crippen molar-refractivity contribution in [2.75, 3.05) is 6.54 Å². The maximum absolute atomic E-state index is 11.0. The van der Waals surface area contributed by atoms with Gasteiger partial charge in [-0.1, -0.05) is 0 Å². The molecule has 0 amide bonds. The lowest BCUT2D eigenvalue weighted by Crippen LogP contribution is -2.48. The highest BCUT2D eigenvalue weighted by atomic mass is 31.1. The topological polar surface area (TPSA) is 196 Å². The molecule has 0 bridgehead atoms. The molecule has 0 spiro atoms. The van der Waals surface area contributed by atoms with E-state index >= 15 is 0 Å². The maximum Gasteiger partial charge on any atom is 0.393 e. The van der Waals surface area contributed by atoms with Gasteiger partial charge < -0.3 is 25.3 Å². The molecule has 0 saturated heterocycles. The average molecular weight is 325 g/mol. The molecule has 0 aromatic carbocycles. The van der Waals surface area contributed by atoms with Crippen LogP contribution in [0, 0.1) is 0 Å². The van der Waals surface area contributed by atoms with E-state index in [1.165, 1.54) is 0 Å². The Morgan fingerprint density at radius 1 is 0.952 bits per heavy atom. The molecule has 0 aromatic rings. The fraction of sp³-hybridized carbons (Fsp3) is 0.444. The van der Waals surface area contributed by atoms with Gasteiger partial charge in [-0.3, -0.25) is 14.4 Å². The number of aliphatic carboxylic acids is 4. The Morgan fingerprint density at radius 3 is 1.62 bits per heavy atom. The minimum Gasteiger partial charge on any atom is -0.602 e. The molecule has 0 aliphatic carbocycles. The summed E-state index contributed by atoms with van der Waals surface area (Å²) in [5, 5.41) is 34.9. The van der Waals surface area contributed by atoms with Crippen molar-refractivity contribution in [1.82, 2.24) is 4.90 Å². The van der Waals surface area contributed by atoms with Crippen LogP contribution in [-0.2, 0) is 19.2 Å². The summed E-state index contributed by atoms with van der Waals surface area (Å²) in [5.41, 5.74) is -1.26. The van der Waals surface area contributed by atoms with Crippen molar-refractivity contribution in [3.63, 3.8) is 0 Å². The first-order valence-electron chi connectivity index (χ1n) is 5.24. The maximum atomic E-state index is 11.0. The molecule has 11 nitrogen and oxygen atoms in total. The van der Waals surface area contributed by atoms with Crippen LogP contribution in [0.5, 0.6) is 0 Å². The number of carboxylic acid groups (broad SMARTS) is 4. The second-order valence-electron chi connectivity index (χ2n) is 3.77. The van der Waals surface area contributed by atoms with Gasteiger partial charge in [-0.15, -0.1) is 0 Å². The molecule has 0 heterocycles. The summed E-state index contributed by atoms with van der Waals surface area (Å²) in [4.78, 5) is 63.3. The predicted octanol–water partition coefficient (Wildman–Crippen LogP) is -2.43. The van der Waals surface area contributed by atoms with Crippen molar-refractivity contribution in [3.05, 3.63) is 0 Å². The van der Waals surface area contributed by atoms with Crippen molar-refractivity contribution in [3.8, 4) is 0 Å². The monoisotopic (exact) mass is 325 g/mol. The third kappa shape index (κ3) is 6.77. The van der Waals surface area contributed by atoms with Gasteiger partial charge in [-0.05, 0) is 0 Å². The van der Waals surface area contributed by atoms with Crippen molar-refractivity contribution < 1.29 is 49.4 Å². The van der Waals surface area contributed by atoms with Crippen LogP contribution < -0.4 is 4.89 Å². The Bertz CT molecular complexity index is 467. The van der Waals surface area contributed by atoms with E-state index in [0.717, 1.165) is 0 Å². The smallest absolute Gasteiger partial charge is 0.393 e. The Labute approximate surface area is 118 Å². The Hall–Kier alpha value is -2.07. The number of rotatable bonds is 9. The van der Waals surface area contributed by atoms with Crippen molar-refractivity contribution in [2.24, 2.45) is 0 Å². The summed E-state index contributed by atoms with van der Waals surface area (Å²) in [5.74, 6) is -6.60. The molecular weight excluding hydrogens is 313 g/mol.